The van der Waals surface area contributed by atoms with Gasteiger partial charge < -0.3 is 19.9 Å². The summed E-state index contributed by atoms with van der Waals surface area (Å²) in [6.07, 6.45) is 2.96. The molecule has 142 valence electrons. The van der Waals surface area contributed by atoms with Crippen LogP contribution in [0.5, 0.6) is 5.75 Å². The van der Waals surface area contributed by atoms with Gasteiger partial charge in [-0.15, -0.1) is 0 Å². The van der Waals surface area contributed by atoms with E-state index in [1.807, 2.05) is 12.1 Å². The van der Waals surface area contributed by atoms with Gasteiger partial charge in [-0.3, -0.25) is 4.79 Å². The van der Waals surface area contributed by atoms with Gasteiger partial charge >= 0.3 is 0 Å². The van der Waals surface area contributed by atoms with Crippen molar-refractivity contribution in [3.8, 4) is 5.75 Å². The summed E-state index contributed by atoms with van der Waals surface area (Å²) < 4.78 is 11.0. The number of ether oxygens (including phenoxy) is 2. The molecule has 0 heterocycles. The molecular weight excluding hydrogens is 338 g/mol. The number of nitrogens with one attached hydrogen (secondary N) is 1. The lowest BCUT2D eigenvalue weighted by Gasteiger charge is -2.15. The van der Waals surface area contributed by atoms with Crippen molar-refractivity contribution in [2.75, 3.05) is 36.6 Å². The number of carbonyl (C=O) groups is 1. The summed E-state index contributed by atoms with van der Waals surface area (Å²) in [5.41, 5.74) is 0.632. The minimum atomic E-state index is -0.689. The molecule has 0 radical (unpaired) electrons. The lowest BCUT2D eigenvalue weighted by atomic mass is 10.2. The number of thioether (sulfide) groups is 1. The van der Waals surface area contributed by atoms with Crippen LogP contribution >= 0.6 is 11.8 Å². The smallest absolute Gasteiger partial charge is 0.225 e. The van der Waals surface area contributed by atoms with Crippen LogP contribution in [0.4, 0.5) is 5.69 Å². The fourth-order valence-electron chi connectivity index (χ4n) is 2.02. The summed E-state index contributed by atoms with van der Waals surface area (Å²) in [7, 11) is 0. The van der Waals surface area contributed by atoms with Gasteiger partial charge in [-0.2, -0.15) is 11.8 Å². The van der Waals surface area contributed by atoms with Crippen LogP contribution in [-0.4, -0.2) is 48.4 Å². The standard InChI is InChI=1S/C19H31NO4S/c1-3-5-11-23-14-16(21)15-24-18-9-7-6-8-17(18)20-19(22)10-13-25-12-4-2/h6-9,16,21H,3-5,10-15H2,1-2H3,(H,20,22). The van der Waals surface area contributed by atoms with Crippen LogP contribution in [0.1, 0.15) is 39.5 Å². The second-order valence-electron chi connectivity index (χ2n) is 5.80. The number of para-hydroxylation sites is 2. The molecule has 1 aromatic carbocycles. The molecule has 1 aromatic rings. The van der Waals surface area contributed by atoms with Crippen molar-refractivity contribution >= 4 is 23.4 Å². The van der Waals surface area contributed by atoms with E-state index in [2.05, 4.69) is 19.2 Å². The molecule has 6 heteroatoms. The predicted octanol–water partition coefficient (Wildman–Crippen LogP) is 3.71. The number of aliphatic hydroxyl groups excluding tert-OH is 1. The summed E-state index contributed by atoms with van der Waals surface area (Å²) in [5.74, 6) is 2.43. The molecule has 0 saturated carbocycles. The molecule has 5 nitrogen and oxygen atoms in total. The molecule has 1 rings (SSSR count). The second-order valence-corrected chi connectivity index (χ2v) is 7.02. The van der Waals surface area contributed by atoms with E-state index in [4.69, 9.17) is 9.47 Å². The predicted molar refractivity (Wildman–Crippen MR) is 105 cm³/mol. The normalized spacial score (nSPS) is 12.0. The van der Waals surface area contributed by atoms with Crippen LogP contribution in [0, 0.1) is 0 Å². The van der Waals surface area contributed by atoms with E-state index in [0.717, 1.165) is 30.8 Å². The minimum Gasteiger partial charge on any atom is -0.489 e. The van der Waals surface area contributed by atoms with Crippen LogP contribution in [0.15, 0.2) is 24.3 Å². The Morgan fingerprint density at radius 3 is 2.76 bits per heavy atom. The second kappa shape index (κ2) is 14.0. The maximum atomic E-state index is 12.0. The van der Waals surface area contributed by atoms with Gasteiger partial charge in [-0.05, 0) is 30.7 Å². The molecule has 1 unspecified atom stereocenters. The average Bonchev–Trinajstić information content (AvgIpc) is 2.62. The van der Waals surface area contributed by atoms with Gasteiger partial charge in [0.1, 0.15) is 18.5 Å². The Kier molecular flexibility index (Phi) is 12.2. The Hall–Kier alpha value is -1.24. The molecule has 25 heavy (non-hydrogen) atoms. The molecule has 0 fully saturated rings. The van der Waals surface area contributed by atoms with Crippen LogP contribution in [0.3, 0.4) is 0 Å². The average molecular weight is 370 g/mol. The Bertz CT molecular complexity index is 484. The van der Waals surface area contributed by atoms with E-state index >= 15 is 0 Å². The molecule has 0 aliphatic rings. The summed E-state index contributed by atoms with van der Waals surface area (Å²) in [6.45, 7) is 5.26. The molecule has 0 aliphatic carbocycles. The lowest BCUT2D eigenvalue weighted by molar-refractivity contribution is -0.115. The van der Waals surface area contributed by atoms with Gasteiger partial charge in [-0.1, -0.05) is 32.4 Å². The van der Waals surface area contributed by atoms with E-state index in [9.17, 15) is 9.90 Å². The molecule has 1 amide bonds. The Balaban J connectivity index is 2.38. The molecule has 2 N–H and O–H groups in total. The van der Waals surface area contributed by atoms with Crippen molar-refractivity contribution in [3.63, 3.8) is 0 Å². The molecule has 1 atom stereocenters. The zero-order chi connectivity index (χ0) is 18.3. The first-order valence-corrected chi connectivity index (χ1v) is 10.2. The molecule has 0 saturated heterocycles. The number of anilines is 1. The Labute approximate surface area is 155 Å². The van der Waals surface area contributed by atoms with E-state index < -0.39 is 6.10 Å². The third kappa shape index (κ3) is 10.4. The number of benzene rings is 1. The van der Waals surface area contributed by atoms with E-state index in [0.29, 0.717) is 24.5 Å². The third-order valence-corrected chi connectivity index (χ3v) is 4.56. The quantitative estimate of drug-likeness (QED) is 0.489. The Morgan fingerprint density at radius 2 is 2.00 bits per heavy atom. The number of amides is 1. The highest BCUT2D eigenvalue weighted by atomic mass is 32.2. The zero-order valence-electron chi connectivity index (χ0n) is 15.3. The van der Waals surface area contributed by atoms with Gasteiger partial charge in [0, 0.05) is 18.8 Å². The van der Waals surface area contributed by atoms with Crippen molar-refractivity contribution in [1.29, 1.82) is 0 Å². The minimum absolute atomic E-state index is 0.0249. The SMILES string of the molecule is CCCCOCC(O)COc1ccccc1NC(=O)CCSCCC. The van der Waals surface area contributed by atoms with E-state index in [-0.39, 0.29) is 19.1 Å². The summed E-state index contributed by atoms with van der Waals surface area (Å²) >= 11 is 1.78. The van der Waals surface area contributed by atoms with Gasteiger partial charge in [0.15, 0.2) is 0 Å². The van der Waals surface area contributed by atoms with Gasteiger partial charge in [0.05, 0.1) is 12.3 Å². The first-order chi connectivity index (χ1) is 12.2. The number of rotatable bonds is 14. The van der Waals surface area contributed by atoms with Crippen LogP contribution in [0.25, 0.3) is 0 Å². The summed E-state index contributed by atoms with van der Waals surface area (Å²) in [5, 5.41) is 12.8. The van der Waals surface area contributed by atoms with Crippen LogP contribution < -0.4 is 10.1 Å². The number of unbranched alkanes of at least 4 members (excludes halogenated alkanes) is 1. The molecule has 0 aromatic heterocycles. The summed E-state index contributed by atoms with van der Waals surface area (Å²) in [6, 6.07) is 7.27. The van der Waals surface area contributed by atoms with Crippen molar-refractivity contribution in [3.05, 3.63) is 24.3 Å². The molecule has 0 spiro atoms. The number of aliphatic hydroxyl groups is 1. The highest BCUT2D eigenvalue weighted by Gasteiger charge is 2.10. The molecule has 0 bridgehead atoms. The van der Waals surface area contributed by atoms with Crippen molar-refractivity contribution < 1.29 is 19.4 Å². The van der Waals surface area contributed by atoms with Gasteiger partial charge in [0.2, 0.25) is 5.91 Å². The first kappa shape index (κ1) is 21.8. The summed E-state index contributed by atoms with van der Waals surface area (Å²) in [4.78, 5) is 12.0. The fraction of sp³-hybridized carbons (Fsp3) is 0.632. The Morgan fingerprint density at radius 1 is 1.20 bits per heavy atom. The monoisotopic (exact) mass is 369 g/mol. The van der Waals surface area contributed by atoms with Crippen molar-refractivity contribution in [1.82, 2.24) is 0 Å². The highest BCUT2D eigenvalue weighted by Crippen LogP contribution is 2.24. The fourth-order valence-corrected chi connectivity index (χ4v) is 2.84. The van der Waals surface area contributed by atoms with Crippen LogP contribution in [0.2, 0.25) is 0 Å². The maximum Gasteiger partial charge on any atom is 0.225 e. The first-order valence-electron chi connectivity index (χ1n) is 9.02. The maximum absolute atomic E-state index is 12.0. The number of hydrogen-bond acceptors (Lipinski definition) is 5. The largest absolute Gasteiger partial charge is 0.489 e. The van der Waals surface area contributed by atoms with Crippen molar-refractivity contribution in [2.24, 2.45) is 0 Å². The third-order valence-electron chi connectivity index (χ3n) is 3.37. The zero-order valence-corrected chi connectivity index (χ0v) is 16.1. The topological polar surface area (TPSA) is 67.8 Å². The molecular formula is C19H31NO4S. The number of hydrogen-bond donors (Lipinski definition) is 2. The van der Waals surface area contributed by atoms with Crippen LogP contribution in [-0.2, 0) is 9.53 Å². The highest BCUT2D eigenvalue weighted by molar-refractivity contribution is 7.99. The lowest BCUT2D eigenvalue weighted by Crippen LogP contribution is -2.24. The van der Waals surface area contributed by atoms with E-state index in [1.165, 1.54) is 0 Å². The van der Waals surface area contributed by atoms with E-state index in [1.54, 1.807) is 23.9 Å². The van der Waals surface area contributed by atoms with Gasteiger partial charge in [-0.25, -0.2) is 0 Å². The number of carbonyl (C=O) groups excluding carboxylic acids is 1. The molecule has 0 aliphatic heterocycles. The van der Waals surface area contributed by atoms with Crippen molar-refractivity contribution in [2.45, 2.75) is 45.6 Å². The van der Waals surface area contributed by atoms with Gasteiger partial charge in [0.25, 0.3) is 0 Å².